The standard InChI is InChI=1S/C10H17NO2/c1-3-7(4-2)5-8-9(12)6-10(13)11-8/h7-8H,3-6H2,1-2H3,(H,11,13). The first-order chi connectivity index (χ1) is 6.17. The fourth-order valence-corrected chi connectivity index (χ4v) is 1.75. The van der Waals surface area contributed by atoms with Crippen LogP contribution in [0, 0.1) is 5.92 Å². The molecule has 1 unspecified atom stereocenters. The Morgan fingerprint density at radius 2 is 2.00 bits per heavy atom. The maximum atomic E-state index is 11.3. The molecule has 74 valence electrons. The SMILES string of the molecule is CCC(CC)CC1NC(=O)CC1=O. The minimum atomic E-state index is -0.197. The van der Waals surface area contributed by atoms with Crippen LogP contribution < -0.4 is 5.32 Å². The van der Waals surface area contributed by atoms with Crippen molar-refractivity contribution in [3.8, 4) is 0 Å². The van der Waals surface area contributed by atoms with E-state index in [1.54, 1.807) is 0 Å². The van der Waals surface area contributed by atoms with E-state index in [-0.39, 0.29) is 24.2 Å². The number of rotatable bonds is 4. The molecule has 1 rings (SSSR count). The van der Waals surface area contributed by atoms with Crippen LogP contribution in [0.5, 0.6) is 0 Å². The second-order valence-corrected chi connectivity index (χ2v) is 3.68. The van der Waals surface area contributed by atoms with Crippen LogP contribution in [0.3, 0.4) is 0 Å². The molecule has 0 aliphatic carbocycles. The molecule has 0 aromatic rings. The molecule has 1 atom stereocenters. The van der Waals surface area contributed by atoms with Gasteiger partial charge in [-0.3, -0.25) is 9.59 Å². The van der Waals surface area contributed by atoms with E-state index >= 15 is 0 Å². The van der Waals surface area contributed by atoms with E-state index in [2.05, 4.69) is 19.2 Å². The lowest BCUT2D eigenvalue weighted by atomic mass is 9.94. The summed E-state index contributed by atoms with van der Waals surface area (Å²) in [7, 11) is 0. The summed E-state index contributed by atoms with van der Waals surface area (Å²) in [5.74, 6) is 0.519. The summed E-state index contributed by atoms with van der Waals surface area (Å²) >= 11 is 0. The van der Waals surface area contributed by atoms with E-state index in [1.807, 2.05) is 0 Å². The molecule has 0 aromatic carbocycles. The maximum absolute atomic E-state index is 11.3. The minimum absolute atomic E-state index is 0.0666. The van der Waals surface area contributed by atoms with Gasteiger partial charge < -0.3 is 5.32 Å². The van der Waals surface area contributed by atoms with E-state index in [4.69, 9.17) is 0 Å². The van der Waals surface area contributed by atoms with Crippen molar-refractivity contribution in [3.63, 3.8) is 0 Å². The van der Waals surface area contributed by atoms with Crippen molar-refractivity contribution < 1.29 is 9.59 Å². The van der Waals surface area contributed by atoms with Gasteiger partial charge in [0, 0.05) is 0 Å². The highest BCUT2D eigenvalue weighted by atomic mass is 16.2. The zero-order valence-electron chi connectivity index (χ0n) is 8.30. The largest absolute Gasteiger partial charge is 0.346 e. The van der Waals surface area contributed by atoms with Gasteiger partial charge in [0.25, 0.3) is 0 Å². The molecule has 0 saturated carbocycles. The molecule has 0 radical (unpaired) electrons. The van der Waals surface area contributed by atoms with Crippen LogP contribution in [-0.4, -0.2) is 17.7 Å². The molecule has 1 aliphatic rings. The second-order valence-electron chi connectivity index (χ2n) is 3.68. The first-order valence-corrected chi connectivity index (χ1v) is 4.99. The normalized spacial score (nSPS) is 22.5. The Kier molecular flexibility index (Phi) is 3.46. The van der Waals surface area contributed by atoms with Crippen LogP contribution in [0.4, 0.5) is 0 Å². The first kappa shape index (κ1) is 10.2. The number of hydrogen-bond acceptors (Lipinski definition) is 2. The molecule has 0 spiro atoms. The maximum Gasteiger partial charge on any atom is 0.228 e. The van der Waals surface area contributed by atoms with Gasteiger partial charge in [0.1, 0.15) is 0 Å². The lowest BCUT2D eigenvalue weighted by Gasteiger charge is -2.16. The van der Waals surface area contributed by atoms with Crippen LogP contribution >= 0.6 is 0 Å². The van der Waals surface area contributed by atoms with Crippen LogP contribution in [0.2, 0.25) is 0 Å². The number of nitrogens with one attached hydrogen (secondary N) is 1. The molecular weight excluding hydrogens is 166 g/mol. The third-order valence-electron chi connectivity index (χ3n) is 2.78. The Bertz CT molecular complexity index is 209. The van der Waals surface area contributed by atoms with Gasteiger partial charge in [0.15, 0.2) is 5.78 Å². The van der Waals surface area contributed by atoms with Crippen LogP contribution in [-0.2, 0) is 9.59 Å². The quantitative estimate of drug-likeness (QED) is 0.667. The van der Waals surface area contributed by atoms with Crippen molar-refractivity contribution in [1.29, 1.82) is 0 Å². The molecule has 3 nitrogen and oxygen atoms in total. The van der Waals surface area contributed by atoms with Crippen molar-refractivity contribution in [1.82, 2.24) is 5.32 Å². The molecule has 1 amide bonds. The van der Waals surface area contributed by atoms with Gasteiger partial charge in [-0.05, 0) is 12.3 Å². The van der Waals surface area contributed by atoms with Crippen LogP contribution in [0.25, 0.3) is 0 Å². The molecule has 1 saturated heterocycles. The Balaban J connectivity index is 2.44. The minimum Gasteiger partial charge on any atom is -0.346 e. The van der Waals surface area contributed by atoms with Crippen LogP contribution in [0.15, 0.2) is 0 Å². The van der Waals surface area contributed by atoms with Crippen molar-refractivity contribution >= 4 is 11.7 Å². The predicted molar refractivity (Wildman–Crippen MR) is 50.2 cm³/mol. The van der Waals surface area contributed by atoms with Crippen molar-refractivity contribution in [2.24, 2.45) is 5.92 Å². The van der Waals surface area contributed by atoms with E-state index in [0.717, 1.165) is 19.3 Å². The van der Waals surface area contributed by atoms with Crippen LogP contribution in [0.1, 0.15) is 39.5 Å². The Morgan fingerprint density at radius 1 is 1.38 bits per heavy atom. The summed E-state index contributed by atoms with van der Waals surface area (Å²) in [6.07, 6.45) is 3.06. The second kappa shape index (κ2) is 4.40. The number of amides is 1. The van der Waals surface area contributed by atoms with Gasteiger partial charge in [-0.15, -0.1) is 0 Å². The molecule has 1 fully saturated rings. The average molecular weight is 183 g/mol. The molecule has 0 aromatic heterocycles. The number of carbonyl (C=O) groups excluding carboxylic acids is 2. The zero-order chi connectivity index (χ0) is 9.84. The summed E-state index contributed by atoms with van der Waals surface area (Å²) in [6, 6.07) is -0.197. The third-order valence-corrected chi connectivity index (χ3v) is 2.78. The molecule has 3 heteroatoms. The highest BCUT2D eigenvalue weighted by molar-refractivity contribution is 6.07. The summed E-state index contributed by atoms with van der Waals surface area (Å²) in [4.78, 5) is 22.2. The molecular formula is C10H17NO2. The average Bonchev–Trinajstić information content (AvgIpc) is 2.41. The van der Waals surface area contributed by atoms with Gasteiger partial charge in [0.2, 0.25) is 5.91 Å². The van der Waals surface area contributed by atoms with E-state index < -0.39 is 0 Å². The van der Waals surface area contributed by atoms with Crippen molar-refractivity contribution in [3.05, 3.63) is 0 Å². The summed E-state index contributed by atoms with van der Waals surface area (Å²) in [5.41, 5.74) is 0. The summed E-state index contributed by atoms with van der Waals surface area (Å²) in [6.45, 7) is 4.24. The van der Waals surface area contributed by atoms with Gasteiger partial charge in [-0.1, -0.05) is 26.7 Å². The molecule has 1 heterocycles. The van der Waals surface area contributed by atoms with E-state index in [9.17, 15) is 9.59 Å². The predicted octanol–water partition coefficient (Wildman–Crippen LogP) is 1.27. The fraction of sp³-hybridized carbons (Fsp3) is 0.800. The summed E-state index contributed by atoms with van der Waals surface area (Å²) in [5, 5.41) is 2.71. The van der Waals surface area contributed by atoms with Crippen molar-refractivity contribution in [2.75, 3.05) is 0 Å². The Hall–Kier alpha value is -0.860. The van der Waals surface area contributed by atoms with E-state index in [0.29, 0.717) is 5.92 Å². The first-order valence-electron chi connectivity index (χ1n) is 4.99. The molecule has 0 bridgehead atoms. The number of ketones is 1. The van der Waals surface area contributed by atoms with Crippen molar-refractivity contribution in [2.45, 2.75) is 45.6 Å². The van der Waals surface area contributed by atoms with Gasteiger partial charge in [-0.25, -0.2) is 0 Å². The highest BCUT2D eigenvalue weighted by Crippen LogP contribution is 2.18. The number of Topliss-reactive ketones (excluding diaryl/α,β-unsaturated/α-hetero) is 1. The highest BCUT2D eigenvalue weighted by Gasteiger charge is 2.30. The lowest BCUT2D eigenvalue weighted by molar-refractivity contribution is -0.122. The molecule has 1 aliphatic heterocycles. The number of carbonyl (C=O) groups is 2. The van der Waals surface area contributed by atoms with Gasteiger partial charge in [-0.2, -0.15) is 0 Å². The number of hydrogen-bond donors (Lipinski definition) is 1. The zero-order valence-corrected chi connectivity index (χ0v) is 8.30. The monoisotopic (exact) mass is 183 g/mol. The topological polar surface area (TPSA) is 46.2 Å². The smallest absolute Gasteiger partial charge is 0.228 e. The van der Waals surface area contributed by atoms with Gasteiger partial charge >= 0.3 is 0 Å². The lowest BCUT2D eigenvalue weighted by Crippen LogP contribution is -2.31. The Morgan fingerprint density at radius 3 is 2.38 bits per heavy atom. The fourth-order valence-electron chi connectivity index (χ4n) is 1.75. The summed E-state index contributed by atoms with van der Waals surface area (Å²) < 4.78 is 0. The molecule has 1 N–H and O–H groups in total. The van der Waals surface area contributed by atoms with E-state index in [1.165, 1.54) is 0 Å². The van der Waals surface area contributed by atoms with Gasteiger partial charge in [0.05, 0.1) is 12.5 Å². The Labute approximate surface area is 78.9 Å². The third kappa shape index (κ3) is 2.54. The molecule has 13 heavy (non-hydrogen) atoms.